The van der Waals surface area contributed by atoms with Gasteiger partial charge in [0, 0.05) is 28.7 Å². The van der Waals surface area contributed by atoms with Crippen LogP contribution in [0.4, 0.5) is 0 Å². The largest absolute Gasteiger partial charge is 0.370 e. The van der Waals surface area contributed by atoms with Crippen LogP contribution in [0, 0.1) is 0 Å². The van der Waals surface area contributed by atoms with Gasteiger partial charge in [0.05, 0.1) is 6.04 Å². The molecule has 2 rings (SSSR count). The highest BCUT2D eigenvalue weighted by Crippen LogP contribution is 2.25. The van der Waals surface area contributed by atoms with Crippen LogP contribution in [0.25, 0.3) is 0 Å². The highest BCUT2D eigenvalue weighted by molar-refractivity contribution is 14.0. The lowest BCUT2D eigenvalue weighted by atomic mass is 10.1. The maximum absolute atomic E-state index is 11.9. The molecule has 27 heavy (non-hydrogen) atoms. The zero-order valence-corrected chi connectivity index (χ0v) is 18.8. The van der Waals surface area contributed by atoms with Crippen molar-refractivity contribution < 1.29 is 4.79 Å². The van der Waals surface area contributed by atoms with Gasteiger partial charge in [0.1, 0.15) is 0 Å². The number of carbonyl (C=O) groups excluding carboxylic acids is 1. The van der Waals surface area contributed by atoms with Crippen molar-refractivity contribution in [3.63, 3.8) is 0 Å². The Balaban J connectivity index is 0.00000364. The van der Waals surface area contributed by atoms with E-state index in [9.17, 15) is 4.79 Å². The second kappa shape index (κ2) is 12.0. The number of nitrogens with two attached hydrogens (primary N) is 1. The maximum Gasteiger partial charge on any atom is 0.251 e. The Morgan fingerprint density at radius 3 is 2.56 bits per heavy atom. The minimum Gasteiger partial charge on any atom is -0.370 e. The summed E-state index contributed by atoms with van der Waals surface area (Å²) in [5.41, 5.74) is 7.44. The zero-order chi connectivity index (χ0) is 18.9. The number of carbonyl (C=O) groups is 1. The van der Waals surface area contributed by atoms with Crippen molar-refractivity contribution in [1.82, 2.24) is 10.6 Å². The van der Waals surface area contributed by atoms with Crippen molar-refractivity contribution in [3.05, 3.63) is 69.7 Å². The van der Waals surface area contributed by atoms with Gasteiger partial charge in [0.15, 0.2) is 5.96 Å². The van der Waals surface area contributed by atoms with Gasteiger partial charge in [0.2, 0.25) is 0 Å². The lowest BCUT2D eigenvalue weighted by molar-refractivity contribution is 0.0953. The Labute approximate surface area is 186 Å². The highest BCUT2D eigenvalue weighted by Gasteiger charge is 2.10. The van der Waals surface area contributed by atoms with Gasteiger partial charge < -0.3 is 16.4 Å². The summed E-state index contributed by atoms with van der Waals surface area (Å²) in [5, 5.41) is 7.11. The summed E-state index contributed by atoms with van der Waals surface area (Å²) in [6.45, 7) is 2.98. The topological polar surface area (TPSA) is 79.5 Å². The molecule has 5 nitrogen and oxygen atoms in total. The molecule has 1 amide bonds. The van der Waals surface area contributed by atoms with Gasteiger partial charge in [-0.2, -0.15) is 0 Å². The number of hydrogen-bond acceptors (Lipinski definition) is 2. The van der Waals surface area contributed by atoms with Crippen LogP contribution in [0.5, 0.6) is 0 Å². The van der Waals surface area contributed by atoms with Crippen molar-refractivity contribution in [2.75, 3.05) is 13.1 Å². The first-order chi connectivity index (χ1) is 12.5. The molecule has 0 saturated carbocycles. The van der Waals surface area contributed by atoms with Crippen LogP contribution in [0.1, 0.15) is 35.3 Å². The van der Waals surface area contributed by atoms with Crippen LogP contribution in [-0.4, -0.2) is 25.0 Å². The monoisotopic (exact) mass is 520 g/mol. The predicted octanol–water partition coefficient (Wildman–Crippen LogP) is 4.40. The predicted molar refractivity (Wildman–Crippen MR) is 123 cm³/mol. The third-order valence-electron chi connectivity index (χ3n) is 3.73. The van der Waals surface area contributed by atoms with E-state index >= 15 is 0 Å². The van der Waals surface area contributed by atoms with Crippen LogP contribution < -0.4 is 16.4 Å². The summed E-state index contributed by atoms with van der Waals surface area (Å²) in [4.78, 5) is 16.2. The number of rotatable bonds is 7. The first-order valence-electron chi connectivity index (χ1n) is 8.32. The maximum atomic E-state index is 11.9. The molecule has 0 aromatic heterocycles. The standard InChI is InChI=1S/C19H22Cl2N4O.HI/c1-13(16-9-8-15(20)12-17(16)21)25-19(22)24-11-5-10-23-18(26)14-6-3-2-4-7-14;/h2-4,6-9,12-13H,5,10-11H2,1H3,(H,23,26)(H3,22,24,25);1H. The number of nitrogens with zero attached hydrogens (tertiary/aromatic N) is 1. The number of hydrogen-bond donors (Lipinski definition) is 3. The molecule has 0 radical (unpaired) electrons. The fraction of sp³-hybridized carbons (Fsp3) is 0.263. The number of guanidine groups is 1. The van der Waals surface area contributed by atoms with Gasteiger partial charge in [0.25, 0.3) is 5.91 Å². The summed E-state index contributed by atoms with van der Waals surface area (Å²) >= 11 is 12.1. The second-order valence-electron chi connectivity index (χ2n) is 5.77. The molecule has 0 aliphatic carbocycles. The molecule has 0 aliphatic rings. The molecular formula is C19H23Cl2IN4O. The highest BCUT2D eigenvalue weighted by atomic mass is 127. The minimum atomic E-state index is -0.0960. The van der Waals surface area contributed by atoms with E-state index in [-0.39, 0.29) is 35.9 Å². The van der Waals surface area contributed by atoms with Crippen molar-refractivity contribution >= 4 is 59.0 Å². The summed E-state index contributed by atoms with van der Waals surface area (Å²) in [6, 6.07) is 14.3. The summed E-state index contributed by atoms with van der Waals surface area (Å²) in [5.74, 6) is 0.240. The summed E-state index contributed by atoms with van der Waals surface area (Å²) < 4.78 is 0. The van der Waals surface area contributed by atoms with Crippen LogP contribution in [0.15, 0.2) is 53.5 Å². The SMILES string of the molecule is CC(NC(N)=NCCCNC(=O)c1ccccc1)c1ccc(Cl)cc1Cl.I. The molecule has 4 N–H and O–H groups in total. The Kier molecular flexibility index (Phi) is 10.5. The van der Waals surface area contributed by atoms with Crippen molar-refractivity contribution in [3.8, 4) is 0 Å². The Hall–Kier alpha value is -1.51. The molecule has 146 valence electrons. The Morgan fingerprint density at radius 2 is 1.89 bits per heavy atom. The number of aliphatic imine (C=N–C) groups is 1. The average Bonchev–Trinajstić information content (AvgIpc) is 2.61. The lowest BCUT2D eigenvalue weighted by Crippen LogP contribution is -2.34. The van der Waals surface area contributed by atoms with Gasteiger partial charge in [-0.15, -0.1) is 24.0 Å². The third-order valence-corrected chi connectivity index (χ3v) is 4.29. The fourth-order valence-electron chi connectivity index (χ4n) is 2.37. The van der Waals surface area contributed by atoms with E-state index in [0.717, 1.165) is 5.56 Å². The fourth-order valence-corrected chi connectivity index (χ4v) is 2.94. The van der Waals surface area contributed by atoms with Crippen molar-refractivity contribution in [2.45, 2.75) is 19.4 Å². The van der Waals surface area contributed by atoms with Crippen molar-refractivity contribution in [1.29, 1.82) is 0 Å². The number of nitrogens with one attached hydrogen (secondary N) is 2. The second-order valence-corrected chi connectivity index (χ2v) is 6.62. The lowest BCUT2D eigenvalue weighted by Gasteiger charge is -2.16. The first-order valence-corrected chi connectivity index (χ1v) is 9.07. The molecule has 1 atom stereocenters. The van der Waals surface area contributed by atoms with E-state index in [1.807, 2.05) is 31.2 Å². The molecule has 0 fully saturated rings. The number of halogens is 3. The molecule has 2 aromatic rings. The molecule has 0 bridgehead atoms. The van der Waals surface area contributed by atoms with E-state index in [2.05, 4.69) is 15.6 Å². The van der Waals surface area contributed by atoms with Gasteiger partial charge in [-0.1, -0.05) is 47.5 Å². The molecule has 1 unspecified atom stereocenters. The summed E-state index contributed by atoms with van der Waals surface area (Å²) in [6.07, 6.45) is 0.692. The zero-order valence-electron chi connectivity index (χ0n) is 14.9. The molecule has 0 spiro atoms. The quantitative estimate of drug-likeness (QED) is 0.219. The minimum absolute atomic E-state index is 0. The molecule has 2 aromatic carbocycles. The van der Waals surface area contributed by atoms with Crippen LogP contribution >= 0.6 is 47.2 Å². The summed E-state index contributed by atoms with van der Waals surface area (Å²) in [7, 11) is 0. The van der Waals surface area contributed by atoms with E-state index in [4.69, 9.17) is 28.9 Å². The average molecular weight is 521 g/mol. The first kappa shape index (κ1) is 23.5. The molecule has 0 aliphatic heterocycles. The van der Waals surface area contributed by atoms with E-state index in [1.165, 1.54) is 0 Å². The normalized spacial score (nSPS) is 12.0. The Morgan fingerprint density at radius 1 is 1.19 bits per heavy atom. The van der Waals surface area contributed by atoms with Gasteiger partial charge >= 0.3 is 0 Å². The van der Waals surface area contributed by atoms with E-state index < -0.39 is 0 Å². The number of benzene rings is 2. The van der Waals surface area contributed by atoms with Crippen LogP contribution in [0.3, 0.4) is 0 Å². The third kappa shape index (κ3) is 7.94. The van der Waals surface area contributed by atoms with E-state index in [1.54, 1.807) is 24.3 Å². The molecule has 0 heterocycles. The van der Waals surface area contributed by atoms with Crippen LogP contribution in [-0.2, 0) is 0 Å². The number of amides is 1. The van der Waals surface area contributed by atoms with Gasteiger partial charge in [-0.25, -0.2) is 0 Å². The molecular weight excluding hydrogens is 498 g/mol. The molecule has 0 saturated heterocycles. The van der Waals surface area contributed by atoms with Gasteiger partial charge in [-0.3, -0.25) is 9.79 Å². The van der Waals surface area contributed by atoms with Crippen molar-refractivity contribution in [2.24, 2.45) is 10.7 Å². The smallest absolute Gasteiger partial charge is 0.251 e. The van der Waals surface area contributed by atoms with Gasteiger partial charge in [-0.05, 0) is 43.2 Å². The van der Waals surface area contributed by atoms with E-state index in [0.29, 0.717) is 41.1 Å². The molecule has 8 heteroatoms. The van der Waals surface area contributed by atoms with Crippen LogP contribution in [0.2, 0.25) is 10.0 Å². The Bertz CT molecular complexity index is 772.